The highest BCUT2D eigenvalue weighted by molar-refractivity contribution is 5.94. The Morgan fingerprint density at radius 3 is 2.50 bits per heavy atom. The minimum absolute atomic E-state index is 0.00632. The van der Waals surface area contributed by atoms with Crippen LogP contribution in [0.4, 0.5) is 5.69 Å². The molecule has 4 N–H and O–H groups in total. The molecule has 0 radical (unpaired) electrons. The van der Waals surface area contributed by atoms with Crippen molar-refractivity contribution in [3.05, 3.63) is 95.1 Å². The Labute approximate surface area is 187 Å². The Morgan fingerprint density at radius 1 is 1.06 bits per heavy atom. The normalized spacial score (nSPS) is 14.9. The molecule has 3 aromatic carbocycles. The van der Waals surface area contributed by atoms with Crippen LogP contribution in [-0.4, -0.2) is 29.5 Å². The molecule has 6 heteroatoms. The Bertz CT molecular complexity index is 1100. The molecule has 0 heterocycles. The van der Waals surface area contributed by atoms with Crippen molar-refractivity contribution in [2.45, 2.75) is 31.9 Å². The Balaban J connectivity index is 1.43. The molecule has 0 amide bonds. The van der Waals surface area contributed by atoms with E-state index in [0.717, 1.165) is 36.3 Å². The predicted molar refractivity (Wildman–Crippen MR) is 125 cm³/mol. The number of carboxylic acid groups (broad SMARTS) is 1. The van der Waals surface area contributed by atoms with E-state index in [9.17, 15) is 9.90 Å². The van der Waals surface area contributed by atoms with Crippen molar-refractivity contribution in [1.29, 1.82) is 5.41 Å². The van der Waals surface area contributed by atoms with E-state index >= 15 is 0 Å². The molecule has 0 spiro atoms. The lowest BCUT2D eigenvalue weighted by Gasteiger charge is -2.36. The van der Waals surface area contributed by atoms with Gasteiger partial charge in [-0.25, -0.2) is 0 Å². The number of benzene rings is 3. The Kier molecular flexibility index (Phi) is 6.40. The molecular formula is C26H27N3O3. The van der Waals surface area contributed by atoms with Gasteiger partial charge in [0, 0.05) is 17.3 Å². The van der Waals surface area contributed by atoms with Gasteiger partial charge in [-0.2, -0.15) is 0 Å². The number of anilines is 1. The summed E-state index contributed by atoms with van der Waals surface area (Å²) < 4.78 is 5.98. The summed E-state index contributed by atoms with van der Waals surface area (Å²) in [5.41, 5.74) is 10.7. The smallest absolute Gasteiger partial charge is 0.323 e. The first-order valence-corrected chi connectivity index (χ1v) is 10.7. The summed E-state index contributed by atoms with van der Waals surface area (Å²) in [7, 11) is 0. The van der Waals surface area contributed by atoms with E-state index in [4.69, 9.17) is 15.9 Å². The maximum absolute atomic E-state index is 11.5. The topological polar surface area (TPSA) is 99.6 Å². The van der Waals surface area contributed by atoms with Crippen LogP contribution in [0.3, 0.4) is 0 Å². The molecular weight excluding hydrogens is 402 g/mol. The number of nitrogens with two attached hydrogens (primary N) is 1. The molecule has 1 aliphatic carbocycles. The number of nitrogen functional groups attached to an aromatic ring is 1. The highest BCUT2D eigenvalue weighted by Crippen LogP contribution is 2.30. The van der Waals surface area contributed by atoms with Crippen molar-refractivity contribution in [3.63, 3.8) is 0 Å². The van der Waals surface area contributed by atoms with Gasteiger partial charge in [-0.3, -0.25) is 10.2 Å². The maximum atomic E-state index is 11.5. The number of para-hydroxylation sites is 1. The zero-order chi connectivity index (χ0) is 22.5. The van der Waals surface area contributed by atoms with Crippen LogP contribution < -0.4 is 15.4 Å². The molecule has 3 aromatic rings. The lowest BCUT2D eigenvalue weighted by atomic mass is 9.87. The molecule has 0 fully saturated rings. The number of carboxylic acids is 1. The monoisotopic (exact) mass is 429 g/mol. The summed E-state index contributed by atoms with van der Waals surface area (Å²) in [6, 6.07) is 23.6. The Hall–Kier alpha value is -3.80. The van der Waals surface area contributed by atoms with Crippen molar-refractivity contribution in [3.8, 4) is 5.75 Å². The lowest BCUT2D eigenvalue weighted by Crippen LogP contribution is -2.42. The van der Waals surface area contributed by atoms with E-state index in [1.54, 1.807) is 0 Å². The van der Waals surface area contributed by atoms with Crippen molar-refractivity contribution < 1.29 is 14.6 Å². The van der Waals surface area contributed by atoms with Gasteiger partial charge in [-0.1, -0.05) is 48.5 Å². The van der Waals surface area contributed by atoms with Crippen LogP contribution in [0.2, 0.25) is 0 Å². The molecule has 164 valence electrons. The number of nitrogens with one attached hydrogen (secondary N) is 1. The number of nitrogens with zero attached hydrogens (tertiary/aromatic N) is 1. The molecule has 0 saturated heterocycles. The SMILES string of the molecule is N=C(N)c1ccc(COc2ccc3c(c2)CCC(N(CC(=O)O)c2ccccc2)C3)cc1. The molecule has 1 aliphatic rings. The third kappa shape index (κ3) is 5.09. The molecule has 0 aliphatic heterocycles. The highest BCUT2D eigenvalue weighted by atomic mass is 16.5. The summed E-state index contributed by atoms with van der Waals surface area (Å²) in [4.78, 5) is 13.5. The van der Waals surface area contributed by atoms with Crippen LogP contribution in [0.25, 0.3) is 0 Å². The zero-order valence-corrected chi connectivity index (χ0v) is 17.8. The van der Waals surface area contributed by atoms with E-state index < -0.39 is 5.97 Å². The van der Waals surface area contributed by atoms with Crippen LogP contribution >= 0.6 is 0 Å². The predicted octanol–water partition coefficient (Wildman–Crippen LogP) is 4.00. The van der Waals surface area contributed by atoms with Crippen molar-refractivity contribution in [1.82, 2.24) is 0 Å². The van der Waals surface area contributed by atoms with Crippen LogP contribution in [0.1, 0.15) is 28.7 Å². The zero-order valence-electron chi connectivity index (χ0n) is 17.8. The third-order valence-corrected chi connectivity index (χ3v) is 5.88. The van der Waals surface area contributed by atoms with Crippen LogP contribution in [0.5, 0.6) is 5.75 Å². The fourth-order valence-electron chi connectivity index (χ4n) is 4.21. The molecule has 0 aromatic heterocycles. The lowest BCUT2D eigenvalue weighted by molar-refractivity contribution is -0.135. The van der Waals surface area contributed by atoms with Gasteiger partial charge in [0.1, 0.15) is 24.7 Å². The summed E-state index contributed by atoms with van der Waals surface area (Å²) >= 11 is 0. The second-order valence-electron chi connectivity index (χ2n) is 8.08. The van der Waals surface area contributed by atoms with Crippen molar-refractivity contribution in [2.24, 2.45) is 5.73 Å². The maximum Gasteiger partial charge on any atom is 0.323 e. The minimum Gasteiger partial charge on any atom is -0.489 e. The summed E-state index contributed by atoms with van der Waals surface area (Å²) in [6.45, 7) is 0.438. The first-order chi connectivity index (χ1) is 15.5. The first kappa shape index (κ1) is 21.4. The first-order valence-electron chi connectivity index (χ1n) is 10.7. The van der Waals surface area contributed by atoms with Gasteiger partial charge in [-0.05, 0) is 60.2 Å². The van der Waals surface area contributed by atoms with Crippen molar-refractivity contribution in [2.75, 3.05) is 11.4 Å². The van der Waals surface area contributed by atoms with Gasteiger partial charge in [0.15, 0.2) is 0 Å². The number of aryl methyl sites for hydroxylation is 1. The Morgan fingerprint density at radius 2 is 1.81 bits per heavy atom. The molecule has 4 rings (SSSR count). The summed E-state index contributed by atoms with van der Waals surface area (Å²) in [5, 5.41) is 16.9. The molecule has 0 bridgehead atoms. The quantitative estimate of drug-likeness (QED) is 0.371. The molecule has 1 unspecified atom stereocenters. The number of hydrogen-bond acceptors (Lipinski definition) is 4. The van der Waals surface area contributed by atoms with Gasteiger partial charge >= 0.3 is 5.97 Å². The van der Waals surface area contributed by atoms with E-state index in [-0.39, 0.29) is 18.4 Å². The van der Waals surface area contributed by atoms with Crippen LogP contribution in [0, 0.1) is 5.41 Å². The van der Waals surface area contributed by atoms with Crippen LogP contribution in [0.15, 0.2) is 72.8 Å². The average molecular weight is 430 g/mol. The van der Waals surface area contributed by atoms with E-state index in [0.29, 0.717) is 12.2 Å². The number of ether oxygens (including phenoxy) is 1. The number of aliphatic carboxylic acids is 1. The van der Waals surface area contributed by atoms with Gasteiger partial charge in [-0.15, -0.1) is 0 Å². The van der Waals surface area contributed by atoms with E-state index in [1.807, 2.05) is 65.6 Å². The largest absolute Gasteiger partial charge is 0.489 e. The number of carbonyl (C=O) groups is 1. The average Bonchev–Trinajstić information content (AvgIpc) is 2.81. The van der Waals surface area contributed by atoms with Gasteiger partial charge < -0.3 is 20.5 Å². The van der Waals surface area contributed by atoms with Crippen molar-refractivity contribution >= 4 is 17.5 Å². The number of fused-ring (bicyclic) bond motifs is 1. The number of amidine groups is 1. The van der Waals surface area contributed by atoms with Gasteiger partial charge in [0.2, 0.25) is 0 Å². The van der Waals surface area contributed by atoms with Crippen LogP contribution in [-0.2, 0) is 24.2 Å². The van der Waals surface area contributed by atoms with Gasteiger partial charge in [0.25, 0.3) is 0 Å². The highest BCUT2D eigenvalue weighted by Gasteiger charge is 2.26. The second-order valence-corrected chi connectivity index (χ2v) is 8.08. The number of hydrogen-bond donors (Lipinski definition) is 3. The standard InChI is InChI=1S/C26H27N3O3/c27-26(28)19-8-6-18(7-9-19)17-32-24-13-11-20-14-23(12-10-21(20)15-24)29(16-25(30)31)22-4-2-1-3-5-22/h1-9,11,13,15,23H,10,12,14,16-17H2,(H3,27,28)(H,30,31). The minimum atomic E-state index is -0.820. The molecule has 6 nitrogen and oxygen atoms in total. The molecule has 0 saturated carbocycles. The fourth-order valence-corrected chi connectivity index (χ4v) is 4.21. The summed E-state index contributed by atoms with van der Waals surface area (Å²) in [6.07, 6.45) is 2.59. The second kappa shape index (κ2) is 9.56. The summed E-state index contributed by atoms with van der Waals surface area (Å²) in [5.74, 6) is 0.0580. The molecule has 32 heavy (non-hydrogen) atoms. The fraction of sp³-hybridized carbons (Fsp3) is 0.231. The van der Waals surface area contributed by atoms with E-state index in [1.165, 1.54) is 11.1 Å². The van der Waals surface area contributed by atoms with E-state index in [2.05, 4.69) is 12.1 Å². The third-order valence-electron chi connectivity index (χ3n) is 5.88. The van der Waals surface area contributed by atoms with Gasteiger partial charge in [0.05, 0.1) is 0 Å². The molecule has 1 atom stereocenters. The number of rotatable bonds is 8.